The van der Waals surface area contributed by atoms with Crippen LogP contribution in [0.5, 0.6) is 5.75 Å². The number of anilines is 1. The van der Waals surface area contributed by atoms with Gasteiger partial charge < -0.3 is 9.47 Å². The molecule has 17 heavy (non-hydrogen) atoms. The van der Waals surface area contributed by atoms with Crippen LogP contribution in [0.15, 0.2) is 36.6 Å². The van der Waals surface area contributed by atoms with Gasteiger partial charge in [0.15, 0.2) is 0 Å². The number of rotatable bonds is 2. The van der Waals surface area contributed by atoms with Gasteiger partial charge in [-0.25, -0.2) is 4.79 Å². The van der Waals surface area contributed by atoms with Crippen molar-refractivity contribution >= 4 is 11.8 Å². The van der Waals surface area contributed by atoms with Crippen molar-refractivity contribution in [1.82, 2.24) is 0 Å². The average molecular weight is 233 g/mol. The zero-order valence-electron chi connectivity index (χ0n) is 10.2. The van der Waals surface area contributed by atoms with Crippen LogP contribution < -0.4 is 9.64 Å². The molecule has 90 valence electrons. The molecular weight excluding hydrogens is 218 g/mol. The maximum atomic E-state index is 11.8. The van der Waals surface area contributed by atoms with Gasteiger partial charge in [-0.15, -0.1) is 0 Å². The summed E-state index contributed by atoms with van der Waals surface area (Å²) in [4.78, 5) is 13.3. The lowest BCUT2D eigenvalue weighted by atomic mass is 10.0. The lowest BCUT2D eigenvalue weighted by molar-refractivity contribution is 0.198. The summed E-state index contributed by atoms with van der Waals surface area (Å²) >= 11 is 0. The van der Waals surface area contributed by atoms with E-state index < -0.39 is 11.6 Å². The van der Waals surface area contributed by atoms with E-state index in [1.165, 1.54) is 0 Å². The molecule has 0 aliphatic carbocycles. The molecule has 4 heteroatoms. The number of ether oxygens (including phenoxy) is 2. The Kier molecular flexibility index (Phi) is 2.58. The minimum Gasteiger partial charge on any atom is -0.497 e. The Balaban J connectivity index is 2.38. The van der Waals surface area contributed by atoms with Gasteiger partial charge in [-0.2, -0.15) is 0 Å². The first kappa shape index (κ1) is 11.5. The van der Waals surface area contributed by atoms with E-state index in [0.29, 0.717) is 5.76 Å². The van der Waals surface area contributed by atoms with Crippen molar-refractivity contribution in [2.24, 2.45) is 0 Å². The second-order valence-electron chi connectivity index (χ2n) is 4.38. The highest BCUT2D eigenvalue weighted by molar-refractivity contribution is 5.93. The number of amides is 1. The van der Waals surface area contributed by atoms with Crippen molar-refractivity contribution in [2.45, 2.75) is 19.4 Å². The van der Waals surface area contributed by atoms with Gasteiger partial charge in [-0.3, -0.25) is 4.90 Å². The maximum absolute atomic E-state index is 11.8. The zero-order valence-corrected chi connectivity index (χ0v) is 10.2. The van der Waals surface area contributed by atoms with E-state index in [9.17, 15) is 4.79 Å². The summed E-state index contributed by atoms with van der Waals surface area (Å²) in [6.45, 7) is 7.54. The summed E-state index contributed by atoms with van der Waals surface area (Å²) in [6.07, 6.45) is -0.398. The van der Waals surface area contributed by atoms with Crippen LogP contribution in [0.4, 0.5) is 10.5 Å². The summed E-state index contributed by atoms with van der Waals surface area (Å²) in [7, 11) is 1.60. The van der Waals surface area contributed by atoms with Gasteiger partial charge in [0, 0.05) is 5.69 Å². The molecule has 0 aromatic heterocycles. The largest absolute Gasteiger partial charge is 0.497 e. The van der Waals surface area contributed by atoms with Crippen molar-refractivity contribution in [2.75, 3.05) is 12.0 Å². The Hall–Kier alpha value is -1.97. The molecule has 0 N–H and O–H groups in total. The predicted molar refractivity (Wildman–Crippen MR) is 65.2 cm³/mol. The fourth-order valence-electron chi connectivity index (χ4n) is 1.79. The second kappa shape index (κ2) is 3.80. The van der Waals surface area contributed by atoms with Gasteiger partial charge >= 0.3 is 6.09 Å². The molecule has 0 unspecified atom stereocenters. The summed E-state index contributed by atoms with van der Waals surface area (Å²) in [6, 6.07) is 7.25. The van der Waals surface area contributed by atoms with Crippen molar-refractivity contribution in [3.8, 4) is 5.75 Å². The van der Waals surface area contributed by atoms with Gasteiger partial charge in [0.05, 0.1) is 7.11 Å². The Bertz CT molecular complexity index is 462. The first-order chi connectivity index (χ1) is 7.96. The molecule has 1 aliphatic heterocycles. The van der Waals surface area contributed by atoms with E-state index in [0.717, 1.165) is 11.4 Å². The normalized spacial score (nSPS) is 18.2. The molecule has 0 bridgehead atoms. The summed E-state index contributed by atoms with van der Waals surface area (Å²) < 4.78 is 10.1. The van der Waals surface area contributed by atoms with Gasteiger partial charge in [0.2, 0.25) is 0 Å². The molecule has 0 radical (unpaired) electrons. The van der Waals surface area contributed by atoms with E-state index >= 15 is 0 Å². The molecule has 0 spiro atoms. The summed E-state index contributed by atoms with van der Waals surface area (Å²) in [5.41, 5.74) is 0.227. The fraction of sp³-hybridized carbons (Fsp3) is 0.308. The number of cyclic esters (lactones) is 1. The van der Waals surface area contributed by atoms with Crippen molar-refractivity contribution in [3.05, 3.63) is 36.6 Å². The average Bonchev–Trinajstić information content (AvgIpc) is 2.49. The number of nitrogens with zero attached hydrogens (tertiary/aromatic N) is 1. The second-order valence-corrected chi connectivity index (χ2v) is 4.38. The predicted octanol–water partition coefficient (Wildman–Crippen LogP) is 2.94. The van der Waals surface area contributed by atoms with E-state index in [1.54, 1.807) is 24.1 Å². The summed E-state index contributed by atoms with van der Waals surface area (Å²) in [5.74, 6) is 1.20. The van der Waals surface area contributed by atoms with Crippen molar-refractivity contribution in [3.63, 3.8) is 0 Å². The molecule has 0 atom stereocenters. The first-order valence-corrected chi connectivity index (χ1v) is 5.32. The number of hydrogen-bond donors (Lipinski definition) is 0. The molecule has 1 amide bonds. The molecular formula is C13H15NO3. The monoisotopic (exact) mass is 233 g/mol. The minimum atomic E-state index is -0.536. The van der Waals surface area contributed by atoms with E-state index in [4.69, 9.17) is 9.47 Å². The number of carbonyl (C=O) groups excluding carboxylic acids is 1. The molecule has 1 aliphatic rings. The quantitative estimate of drug-likeness (QED) is 0.788. The minimum absolute atomic E-state index is 0.398. The zero-order chi connectivity index (χ0) is 12.6. The van der Waals surface area contributed by atoms with Crippen molar-refractivity contribution < 1.29 is 14.3 Å². The van der Waals surface area contributed by atoms with Gasteiger partial charge in [0.25, 0.3) is 0 Å². The van der Waals surface area contributed by atoms with E-state index in [1.807, 2.05) is 26.0 Å². The molecule has 4 nitrogen and oxygen atoms in total. The van der Waals surface area contributed by atoms with Crippen molar-refractivity contribution in [1.29, 1.82) is 0 Å². The van der Waals surface area contributed by atoms with Crippen LogP contribution in [0.1, 0.15) is 13.8 Å². The topological polar surface area (TPSA) is 38.8 Å². The standard InChI is InChI=1S/C13H15NO3/c1-9-13(2,3)14(12(15)17-9)10-5-7-11(16-4)8-6-10/h5-8H,1H2,2-4H3. The van der Waals surface area contributed by atoms with Crippen LogP contribution in [-0.2, 0) is 4.74 Å². The third-order valence-electron chi connectivity index (χ3n) is 2.97. The number of carbonyl (C=O) groups is 1. The highest BCUT2D eigenvalue weighted by Crippen LogP contribution is 2.36. The molecule has 1 aromatic carbocycles. The van der Waals surface area contributed by atoms with Crippen LogP contribution in [0.25, 0.3) is 0 Å². The van der Waals surface area contributed by atoms with Crippen LogP contribution in [0.3, 0.4) is 0 Å². The SMILES string of the molecule is C=C1OC(=O)N(c2ccc(OC)cc2)C1(C)C. The number of hydrogen-bond acceptors (Lipinski definition) is 3. The molecule has 2 rings (SSSR count). The van der Waals surface area contributed by atoms with E-state index in [2.05, 4.69) is 6.58 Å². The molecule has 1 saturated heterocycles. The highest BCUT2D eigenvalue weighted by atomic mass is 16.6. The third-order valence-corrected chi connectivity index (χ3v) is 2.97. The van der Waals surface area contributed by atoms with Gasteiger partial charge in [-0.1, -0.05) is 6.58 Å². The first-order valence-electron chi connectivity index (χ1n) is 5.32. The van der Waals surface area contributed by atoms with Crippen LogP contribution in [-0.4, -0.2) is 18.7 Å². The Labute approximate surface area is 100 Å². The Morgan fingerprint density at radius 1 is 1.29 bits per heavy atom. The van der Waals surface area contributed by atoms with Crippen LogP contribution >= 0.6 is 0 Å². The van der Waals surface area contributed by atoms with Gasteiger partial charge in [0.1, 0.15) is 17.0 Å². The third kappa shape index (κ3) is 1.75. The fourth-order valence-corrected chi connectivity index (χ4v) is 1.79. The molecule has 1 heterocycles. The number of benzene rings is 1. The van der Waals surface area contributed by atoms with Crippen LogP contribution in [0, 0.1) is 0 Å². The Morgan fingerprint density at radius 3 is 2.29 bits per heavy atom. The smallest absolute Gasteiger partial charge is 0.420 e. The Morgan fingerprint density at radius 2 is 1.88 bits per heavy atom. The molecule has 0 saturated carbocycles. The highest BCUT2D eigenvalue weighted by Gasteiger charge is 2.44. The molecule has 1 aromatic rings. The number of methoxy groups -OCH3 is 1. The molecule has 1 fully saturated rings. The van der Waals surface area contributed by atoms with E-state index in [-0.39, 0.29) is 0 Å². The summed E-state index contributed by atoms with van der Waals surface area (Å²) in [5, 5.41) is 0. The van der Waals surface area contributed by atoms with Crippen LogP contribution in [0.2, 0.25) is 0 Å². The van der Waals surface area contributed by atoms with Gasteiger partial charge in [-0.05, 0) is 38.1 Å². The lowest BCUT2D eigenvalue weighted by Crippen LogP contribution is -2.41. The lowest BCUT2D eigenvalue weighted by Gasteiger charge is -2.28. The maximum Gasteiger partial charge on any atom is 0.420 e.